The highest BCUT2D eigenvalue weighted by Crippen LogP contribution is 2.32. The van der Waals surface area contributed by atoms with E-state index >= 15 is 0 Å². The Hall–Kier alpha value is -3.41. The molecule has 1 atom stereocenters. The zero-order chi connectivity index (χ0) is 18.1. The summed E-state index contributed by atoms with van der Waals surface area (Å²) >= 11 is 0. The number of fused-ring (bicyclic) bond motifs is 2. The van der Waals surface area contributed by atoms with E-state index in [1.54, 1.807) is 25.4 Å². The number of carbonyl (C=O) groups excluding carboxylic acids is 2. The fourth-order valence-electron chi connectivity index (χ4n) is 3.13. The minimum Gasteiger partial charge on any atom is -0.483 e. The molecule has 2 heterocycles. The Bertz CT molecular complexity index is 997. The minimum absolute atomic E-state index is 0.159. The molecule has 2 aromatic carbocycles. The number of ether oxygens (including phenoxy) is 1. The molecule has 130 valence electrons. The summed E-state index contributed by atoms with van der Waals surface area (Å²) in [4.78, 5) is 30.6. The highest BCUT2D eigenvalue weighted by molar-refractivity contribution is 6.12. The fraction of sp³-hybridized carbons (Fsp3) is 0.150. The summed E-state index contributed by atoms with van der Waals surface area (Å²) in [6, 6.07) is 14.1. The second kappa shape index (κ2) is 6.48. The van der Waals surface area contributed by atoms with Gasteiger partial charge in [0.1, 0.15) is 11.8 Å². The summed E-state index contributed by atoms with van der Waals surface area (Å²) in [5.74, 6) is 0.125. The number of aromatic nitrogens is 1. The topological polar surface area (TPSA) is 71.5 Å². The van der Waals surface area contributed by atoms with Crippen molar-refractivity contribution in [2.24, 2.45) is 0 Å². The van der Waals surface area contributed by atoms with Gasteiger partial charge in [0.25, 0.3) is 5.91 Å². The lowest BCUT2D eigenvalue weighted by Crippen LogP contribution is -2.50. The first kappa shape index (κ1) is 16.1. The van der Waals surface area contributed by atoms with Gasteiger partial charge < -0.3 is 10.1 Å². The average Bonchev–Trinajstić information content (AvgIpc) is 2.67. The molecule has 1 aliphatic rings. The Morgan fingerprint density at radius 3 is 2.92 bits per heavy atom. The smallest absolute Gasteiger partial charge is 0.265 e. The number of pyridine rings is 1. The van der Waals surface area contributed by atoms with E-state index in [0.717, 1.165) is 10.8 Å². The zero-order valence-corrected chi connectivity index (χ0v) is 14.2. The molecular formula is C20H17N3O3. The number of nitrogens with zero attached hydrogens (tertiary/aromatic N) is 2. The first-order chi connectivity index (χ1) is 12.6. The molecular weight excluding hydrogens is 330 g/mol. The molecule has 3 aromatic rings. The maximum atomic E-state index is 12.8. The highest BCUT2D eigenvalue weighted by atomic mass is 16.5. The van der Waals surface area contributed by atoms with Crippen molar-refractivity contribution in [3.8, 4) is 5.75 Å². The minimum atomic E-state index is -0.599. The lowest BCUT2D eigenvalue weighted by Gasteiger charge is -2.34. The van der Waals surface area contributed by atoms with Gasteiger partial charge in [-0.05, 0) is 31.2 Å². The summed E-state index contributed by atoms with van der Waals surface area (Å²) in [6.45, 7) is 1.54. The van der Waals surface area contributed by atoms with Gasteiger partial charge in [-0.15, -0.1) is 0 Å². The van der Waals surface area contributed by atoms with Crippen molar-refractivity contribution in [1.82, 2.24) is 4.98 Å². The van der Waals surface area contributed by atoms with Crippen molar-refractivity contribution in [1.29, 1.82) is 0 Å². The molecule has 0 saturated carbocycles. The van der Waals surface area contributed by atoms with E-state index in [2.05, 4.69) is 10.3 Å². The standard InChI is InChI=1S/C20H17N3O3/c1-13-20(25)22-16-6-2-3-7-17(16)23(13)19(24)12-26-18-8-4-5-14-11-21-10-9-15(14)18/h2-11,13H,12H2,1H3,(H,22,25). The molecule has 0 saturated heterocycles. The highest BCUT2D eigenvalue weighted by Gasteiger charge is 2.33. The molecule has 2 amide bonds. The molecule has 0 aliphatic carbocycles. The molecule has 0 bridgehead atoms. The van der Waals surface area contributed by atoms with Crippen LogP contribution in [0.15, 0.2) is 60.9 Å². The number of rotatable bonds is 3. The summed E-state index contributed by atoms with van der Waals surface area (Å²) in [5.41, 5.74) is 1.30. The molecule has 1 aliphatic heterocycles. The van der Waals surface area contributed by atoms with Crippen LogP contribution in [-0.2, 0) is 9.59 Å². The number of anilines is 2. The van der Waals surface area contributed by atoms with Gasteiger partial charge in [0.2, 0.25) is 5.91 Å². The van der Waals surface area contributed by atoms with Crippen LogP contribution in [0.4, 0.5) is 11.4 Å². The van der Waals surface area contributed by atoms with Crippen LogP contribution in [0.1, 0.15) is 6.92 Å². The predicted molar refractivity (Wildman–Crippen MR) is 99.3 cm³/mol. The van der Waals surface area contributed by atoms with Crippen LogP contribution < -0.4 is 15.0 Å². The van der Waals surface area contributed by atoms with E-state index < -0.39 is 6.04 Å². The van der Waals surface area contributed by atoms with Crippen molar-refractivity contribution in [2.75, 3.05) is 16.8 Å². The third kappa shape index (κ3) is 2.75. The summed E-state index contributed by atoms with van der Waals surface area (Å²) < 4.78 is 5.78. The van der Waals surface area contributed by atoms with Crippen molar-refractivity contribution in [2.45, 2.75) is 13.0 Å². The first-order valence-corrected chi connectivity index (χ1v) is 8.32. The number of hydrogen-bond acceptors (Lipinski definition) is 4. The van der Waals surface area contributed by atoms with E-state index in [0.29, 0.717) is 17.1 Å². The largest absolute Gasteiger partial charge is 0.483 e. The van der Waals surface area contributed by atoms with E-state index in [9.17, 15) is 9.59 Å². The zero-order valence-electron chi connectivity index (χ0n) is 14.2. The third-order valence-electron chi connectivity index (χ3n) is 4.45. The molecule has 1 unspecified atom stereocenters. The summed E-state index contributed by atoms with van der Waals surface area (Å²) in [5, 5.41) is 4.64. The van der Waals surface area contributed by atoms with Crippen molar-refractivity contribution in [3.05, 3.63) is 60.9 Å². The monoisotopic (exact) mass is 347 g/mol. The van der Waals surface area contributed by atoms with E-state index in [1.165, 1.54) is 4.90 Å². The lowest BCUT2D eigenvalue weighted by atomic mass is 10.1. The van der Waals surface area contributed by atoms with Gasteiger partial charge >= 0.3 is 0 Å². The van der Waals surface area contributed by atoms with Gasteiger partial charge in [0.15, 0.2) is 6.61 Å². The van der Waals surface area contributed by atoms with Gasteiger partial charge in [-0.3, -0.25) is 19.5 Å². The van der Waals surface area contributed by atoms with Crippen LogP contribution in [0.5, 0.6) is 5.75 Å². The van der Waals surface area contributed by atoms with Crippen LogP contribution >= 0.6 is 0 Å². The third-order valence-corrected chi connectivity index (χ3v) is 4.45. The maximum absolute atomic E-state index is 12.8. The Kier molecular flexibility index (Phi) is 4.01. The van der Waals surface area contributed by atoms with E-state index in [-0.39, 0.29) is 18.4 Å². The number of nitrogens with one attached hydrogen (secondary N) is 1. The summed E-state index contributed by atoms with van der Waals surface area (Å²) in [7, 11) is 0. The Balaban J connectivity index is 1.59. The average molecular weight is 347 g/mol. The Morgan fingerprint density at radius 2 is 2.04 bits per heavy atom. The number of hydrogen-bond donors (Lipinski definition) is 1. The second-order valence-electron chi connectivity index (χ2n) is 6.09. The molecule has 6 nitrogen and oxygen atoms in total. The fourth-order valence-corrected chi connectivity index (χ4v) is 3.13. The van der Waals surface area contributed by atoms with Gasteiger partial charge in [0, 0.05) is 23.2 Å². The number of benzene rings is 2. The molecule has 0 radical (unpaired) electrons. The predicted octanol–water partition coefficient (Wildman–Crippen LogP) is 2.99. The van der Waals surface area contributed by atoms with E-state index in [4.69, 9.17) is 4.74 Å². The normalized spacial score (nSPS) is 16.1. The first-order valence-electron chi connectivity index (χ1n) is 8.32. The number of amides is 2. The molecule has 26 heavy (non-hydrogen) atoms. The van der Waals surface area contributed by atoms with Crippen LogP contribution in [0.2, 0.25) is 0 Å². The number of carbonyl (C=O) groups is 2. The molecule has 6 heteroatoms. The van der Waals surface area contributed by atoms with Crippen LogP contribution in [-0.4, -0.2) is 29.4 Å². The molecule has 4 rings (SSSR count). The SMILES string of the molecule is CC1C(=O)Nc2ccccc2N1C(=O)COc1cccc2cnccc12. The van der Waals surface area contributed by atoms with Crippen molar-refractivity contribution >= 4 is 34.0 Å². The maximum Gasteiger partial charge on any atom is 0.265 e. The van der Waals surface area contributed by atoms with Gasteiger partial charge in [-0.25, -0.2) is 0 Å². The van der Waals surface area contributed by atoms with Gasteiger partial charge in [0.05, 0.1) is 11.4 Å². The molecule has 1 aromatic heterocycles. The second-order valence-corrected chi connectivity index (χ2v) is 6.09. The lowest BCUT2D eigenvalue weighted by molar-refractivity contribution is -0.124. The van der Waals surface area contributed by atoms with Crippen LogP contribution in [0.3, 0.4) is 0 Å². The van der Waals surface area contributed by atoms with Gasteiger partial charge in [-0.2, -0.15) is 0 Å². The molecule has 1 N–H and O–H groups in total. The van der Waals surface area contributed by atoms with Gasteiger partial charge in [-0.1, -0.05) is 24.3 Å². The Morgan fingerprint density at radius 1 is 1.19 bits per heavy atom. The quantitative estimate of drug-likeness (QED) is 0.791. The summed E-state index contributed by atoms with van der Waals surface area (Å²) in [6.07, 6.45) is 3.43. The number of para-hydroxylation sites is 2. The molecule has 0 fully saturated rings. The van der Waals surface area contributed by atoms with Crippen LogP contribution in [0, 0.1) is 0 Å². The Labute approximate surface area is 150 Å². The van der Waals surface area contributed by atoms with Crippen molar-refractivity contribution < 1.29 is 14.3 Å². The van der Waals surface area contributed by atoms with Crippen molar-refractivity contribution in [3.63, 3.8) is 0 Å². The van der Waals surface area contributed by atoms with E-state index in [1.807, 2.05) is 42.5 Å². The molecule has 0 spiro atoms. The van der Waals surface area contributed by atoms with Crippen LogP contribution in [0.25, 0.3) is 10.8 Å².